The fourth-order valence-corrected chi connectivity index (χ4v) is 1.80. The number of carbonyl (C=O) groups excluding carboxylic acids is 1. The number of carbonyl (C=O) groups is 1. The SMILES string of the molecule is CCOc1ccc(CCNC(=O)C(C)Cl)cc1OCC. The van der Waals surface area contributed by atoms with Crippen molar-refractivity contribution in [3.63, 3.8) is 0 Å². The molecule has 0 saturated carbocycles. The smallest absolute Gasteiger partial charge is 0.237 e. The molecule has 0 aliphatic rings. The van der Waals surface area contributed by atoms with Crippen molar-refractivity contribution in [2.45, 2.75) is 32.6 Å². The zero-order chi connectivity index (χ0) is 15.0. The third-order valence-corrected chi connectivity index (χ3v) is 2.88. The molecule has 0 saturated heterocycles. The van der Waals surface area contributed by atoms with Crippen molar-refractivity contribution in [2.24, 2.45) is 0 Å². The van der Waals surface area contributed by atoms with Crippen LogP contribution in [0.3, 0.4) is 0 Å². The zero-order valence-electron chi connectivity index (χ0n) is 12.2. The maximum atomic E-state index is 11.4. The van der Waals surface area contributed by atoms with Crippen molar-refractivity contribution in [1.82, 2.24) is 5.32 Å². The van der Waals surface area contributed by atoms with Crippen molar-refractivity contribution in [3.05, 3.63) is 23.8 Å². The molecule has 1 aromatic carbocycles. The minimum Gasteiger partial charge on any atom is -0.490 e. The first-order valence-corrected chi connectivity index (χ1v) is 7.32. The number of benzene rings is 1. The van der Waals surface area contributed by atoms with Crippen LogP contribution in [0.1, 0.15) is 26.3 Å². The number of hydrogen-bond donors (Lipinski definition) is 1. The van der Waals surface area contributed by atoms with Crippen LogP contribution in [0.15, 0.2) is 18.2 Å². The highest BCUT2D eigenvalue weighted by Crippen LogP contribution is 2.28. The van der Waals surface area contributed by atoms with Crippen LogP contribution in [-0.2, 0) is 11.2 Å². The molecule has 0 spiro atoms. The average molecular weight is 300 g/mol. The van der Waals surface area contributed by atoms with Crippen LogP contribution in [0.5, 0.6) is 11.5 Å². The van der Waals surface area contributed by atoms with Gasteiger partial charge in [0, 0.05) is 6.54 Å². The summed E-state index contributed by atoms with van der Waals surface area (Å²) in [5.74, 6) is 1.34. The molecule has 1 aromatic rings. The largest absolute Gasteiger partial charge is 0.490 e. The Balaban J connectivity index is 2.62. The van der Waals surface area contributed by atoms with Crippen molar-refractivity contribution in [2.75, 3.05) is 19.8 Å². The maximum Gasteiger partial charge on any atom is 0.237 e. The monoisotopic (exact) mass is 299 g/mol. The Morgan fingerprint density at radius 1 is 1.25 bits per heavy atom. The molecule has 20 heavy (non-hydrogen) atoms. The highest BCUT2D eigenvalue weighted by Gasteiger charge is 2.09. The van der Waals surface area contributed by atoms with Crippen molar-refractivity contribution < 1.29 is 14.3 Å². The molecular formula is C15H22ClNO3. The second-order valence-corrected chi connectivity index (χ2v) is 4.96. The first-order chi connectivity index (χ1) is 9.58. The molecule has 1 amide bonds. The third kappa shape index (κ3) is 5.29. The van der Waals surface area contributed by atoms with Gasteiger partial charge >= 0.3 is 0 Å². The zero-order valence-corrected chi connectivity index (χ0v) is 13.0. The van der Waals surface area contributed by atoms with Crippen LogP contribution in [0.2, 0.25) is 0 Å². The van der Waals surface area contributed by atoms with E-state index in [1.54, 1.807) is 6.92 Å². The average Bonchev–Trinajstić information content (AvgIpc) is 2.41. The van der Waals surface area contributed by atoms with Crippen LogP contribution in [-0.4, -0.2) is 31.0 Å². The van der Waals surface area contributed by atoms with Crippen LogP contribution in [0.25, 0.3) is 0 Å². The van der Waals surface area contributed by atoms with Gasteiger partial charge in [-0.15, -0.1) is 11.6 Å². The van der Waals surface area contributed by atoms with Gasteiger partial charge in [-0.1, -0.05) is 6.07 Å². The number of hydrogen-bond acceptors (Lipinski definition) is 3. The van der Waals surface area contributed by atoms with Crippen LogP contribution < -0.4 is 14.8 Å². The standard InChI is InChI=1S/C15H22ClNO3/c1-4-19-13-7-6-12(10-14(13)20-5-2)8-9-17-15(18)11(3)16/h6-7,10-11H,4-5,8-9H2,1-3H3,(H,17,18). The van der Waals surface area contributed by atoms with E-state index in [1.165, 1.54) is 0 Å². The maximum absolute atomic E-state index is 11.4. The van der Waals surface area contributed by atoms with Gasteiger partial charge in [0.15, 0.2) is 11.5 Å². The Kier molecular flexibility index (Phi) is 7.23. The number of alkyl halides is 1. The summed E-state index contributed by atoms with van der Waals surface area (Å²) in [4.78, 5) is 11.4. The fraction of sp³-hybridized carbons (Fsp3) is 0.533. The lowest BCUT2D eigenvalue weighted by Crippen LogP contribution is -2.31. The fourth-order valence-electron chi connectivity index (χ4n) is 1.72. The highest BCUT2D eigenvalue weighted by molar-refractivity contribution is 6.30. The summed E-state index contributed by atoms with van der Waals surface area (Å²) >= 11 is 5.68. The summed E-state index contributed by atoms with van der Waals surface area (Å²) in [7, 11) is 0. The lowest BCUT2D eigenvalue weighted by atomic mass is 10.1. The molecule has 1 unspecified atom stereocenters. The Morgan fingerprint density at radius 2 is 1.90 bits per heavy atom. The summed E-state index contributed by atoms with van der Waals surface area (Å²) < 4.78 is 11.1. The van der Waals surface area contributed by atoms with Gasteiger partial charge in [-0.05, 0) is 44.9 Å². The van der Waals surface area contributed by atoms with E-state index < -0.39 is 5.38 Å². The van der Waals surface area contributed by atoms with Gasteiger partial charge in [0.2, 0.25) is 5.91 Å². The molecule has 5 heteroatoms. The lowest BCUT2D eigenvalue weighted by Gasteiger charge is -2.13. The van der Waals surface area contributed by atoms with Crippen molar-refractivity contribution in [3.8, 4) is 11.5 Å². The van der Waals surface area contributed by atoms with Crippen molar-refractivity contribution in [1.29, 1.82) is 0 Å². The second kappa shape index (κ2) is 8.69. The summed E-state index contributed by atoms with van der Waals surface area (Å²) in [6.45, 7) is 7.26. The summed E-state index contributed by atoms with van der Waals surface area (Å²) in [6.07, 6.45) is 0.724. The van der Waals surface area contributed by atoms with E-state index in [1.807, 2.05) is 32.0 Å². The molecule has 1 atom stereocenters. The number of halogens is 1. The van der Waals surface area contributed by atoms with Gasteiger partial charge in [0.25, 0.3) is 0 Å². The molecule has 0 bridgehead atoms. The van der Waals surface area contributed by atoms with Gasteiger partial charge in [0.05, 0.1) is 13.2 Å². The first-order valence-electron chi connectivity index (χ1n) is 6.88. The number of ether oxygens (including phenoxy) is 2. The van der Waals surface area contributed by atoms with E-state index in [9.17, 15) is 4.79 Å². The molecule has 0 aliphatic carbocycles. The van der Waals surface area contributed by atoms with Gasteiger partial charge in [0.1, 0.15) is 5.38 Å². The number of rotatable bonds is 8. The van der Waals surface area contributed by atoms with E-state index in [4.69, 9.17) is 21.1 Å². The molecule has 4 nitrogen and oxygen atoms in total. The van der Waals surface area contributed by atoms with Gasteiger partial charge in [-0.2, -0.15) is 0 Å². The van der Waals surface area contributed by atoms with Crippen LogP contribution in [0.4, 0.5) is 0 Å². The topological polar surface area (TPSA) is 47.6 Å². The van der Waals surface area contributed by atoms with Crippen molar-refractivity contribution >= 4 is 17.5 Å². The van der Waals surface area contributed by atoms with Gasteiger partial charge in [-0.25, -0.2) is 0 Å². The van der Waals surface area contributed by atoms with Gasteiger partial charge < -0.3 is 14.8 Å². The van der Waals surface area contributed by atoms with Crippen LogP contribution in [0, 0.1) is 0 Å². The van der Waals surface area contributed by atoms with E-state index >= 15 is 0 Å². The van der Waals surface area contributed by atoms with E-state index in [2.05, 4.69) is 5.32 Å². The molecule has 0 aliphatic heterocycles. The predicted octanol–water partition coefficient (Wildman–Crippen LogP) is 2.77. The summed E-state index contributed by atoms with van der Waals surface area (Å²) in [6, 6.07) is 5.82. The predicted molar refractivity (Wildman–Crippen MR) is 80.8 cm³/mol. The minimum atomic E-state index is -0.505. The van der Waals surface area contributed by atoms with Crippen LogP contribution >= 0.6 is 11.6 Å². The van der Waals surface area contributed by atoms with E-state index in [0.717, 1.165) is 23.5 Å². The second-order valence-electron chi connectivity index (χ2n) is 4.30. The van der Waals surface area contributed by atoms with E-state index in [0.29, 0.717) is 19.8 Å². The molecule has 0 fully saturated rings. The Labute approximate surface area is 125 Å². The summed E-state index contributed by atoms with van der Waals surface area (Å²) in [5, 5.41) is 2.27. The molecule has 1 rings (SSSR count). The Hall–Kier alpha value is -1.42. The normalized spacial score (nSPS) is 11.8. The first kappa shape index (κ1) is 16.6. The lowest BCUT2D eigenvalue weighted by molar-refractivity contribution is -0.120. The third-order valence-electron chi connectivity index (χ3n) is 2.68. The minimum absolute atomic E-state index is 0.150. The summed E-state index contributed by atoms with van der Waals surface area (Å²) in [5.41, 5.74) is 1.08. The molecular weight excluding hydrogens is 278 g/mol. The molecule has 1 N–H and O–H groups in total. The number of nitrogens with one attached hydrogen (secondary N) is 1. The van der Waals surface area contributed by atoms with E-state index in [-0.39, 0.29) is 5.91 Å². The molecule has 112 valence electrons. The molecule has 0 heterocycles. The number of amides is 1. The quantitative estimate of drug-likeness (QED) is 0.751. The van der Waals surface area contributed by atoms with Gasteiger partial charge in [-0.3, -0.25) is 4.79 Å². The molecule has 0 aromatic heterocycles. The molecule has 0 radical (unpaired) electrons. The Morgan fingerprint density at radius 3 is 2.50 bits per heavy atom. The highest BCUT2D eigenvalue weighted by atomic mass is 35.5. The Bertz CT molecular complexity index is 435.